The maximum atomic E-state index is 6.76. The summed E-state index contributed by atoms with van der Waals surface area (Å²) < 4.78 is 1.95. The van der Waals surface area contributed by atoms with Gasteiger partial charge in [0.1, 0.15) is 0 Å². The lowest BCUT2D eigenvalue weighted by Gasteiger charge is -2.42. The van der Waals surface area contributed by atoms with E-state index in [4.69, 9.17) is 12.9 Å². The third-order valence-corrected chi connectivity index (χ3v) is 6.98. The van der Waals surface area contributed by atoms with E-state index in [-0.39, 0.29) is 5.31 Å². The van der Waals surface area contributed by atoms with Crippen LogP contribution in [-0.4, -0.2) is 28.5 Å². The standard InChI is InChI=1S/C22H33BN4/c1-16(2)22(23)11-7-8-17(15-22)19-14-20(21-24-12-13-27(21)26-19)25-18-9-5-3-4-6-10-18/h12-14,16-18,25H,3-11,15H2,1-2H3. The monoisotopic (exact) mass is 364 g/mol. The van der Waals surface area contributed by atoms with E-state index in [2.05, 4.69) is 30.2 Å². The molecule has 2 saturated carbocycles. The van der Waals surface area contributed by atoms with Crippen molar-refractivity contribution < 1.29 is 0 Å². The summed E-state index contributed by atoms with van der Waals surface area (Å²) in [6.07, 6.45) is 16.3. The lowest BCUT2D eigenvalue weighted by Crippen LogP contribution is -2.27. The summed E-state index contributed by atoms with van der Waals surface area (Å²) in [6, 6.07) is 2.82. The lowest BCUT2D eigenvalue weighted by molar-refractivity contribution is 0.271. The van der Waals surface area contributed by atoms with Crippen LogP contribution in [0, 0.1) is 5.92 Å². The highest BCUT2D eigenvalue weighted by Gasteiger charge is 2.35. The van der Waals surface area contributed by atoms with Crippen LogP contribution in [0.3, 0.4) is 0 Å². The van der Waals surface area contributed by atoms with E-state index in [0.29, 0.717) is 17.9 Å². The molecule has 0 aromatic carbocycles. The summed E-state index contributed by atoms with van der Waals surface area (Å²) in [5, 5.41) is 8.67. The summed E-state index contributed by atoms with van der Waals surface area (Å²) in [4.78, 5) is 4.56. The van der Waals surface area contributed by atoms with Crippen molar-refractivity contribution in [3.63, 3.8) is 0 Å². The summed E-state index contributed by atoms with van der Waals surface area (Å²) in [5.41, 5.74) is 3.27. The molecule has 2 aromatic rings. The van der Waals surface area contributed by atoms with Gasteiger partial charge < -0.3 is 5.32 Å². The van der Waals surface area contributed by atoms with Gasteiger partial charge in [-0.1, -0.05) is 57.7 Å². The van der Waals surface area contributed by atoms with Crippen LogP contribution < -0.4 is 5.32 Å². The third-order valence-electron chi connectivity index (χ3n) is 6.98. The molecule has 2 aliphatic carbocycles. The normalized spacial score (nSPS) is 27.7. The first-order valence-electron chi connectivity index (χ1n) is 10.9. The Labute approximate surface area is 164 Å². The van der Waals surface area contributed by atoms with Crippen molar-refractivity contribution in [2.75, 3.05) is 5.32 Å². The fourth-order valence-corrected chi connectivity index (χ4v) is 5.00. The molecule has 2 aromatic heterocycles. The average molecular weight is 364 g/mol. The molecule has 0 amide bonds. The first-order valence-corrected chi connectivity index (χ1v) is 10.9. The van der Waals surface area contributed by atoms with Crippen LogP contribution >= 0.6 is 0 Å². The fourth-order valence-electron chi connectivity index (χ4n) is 5.00. The van der Waals surface area contributed by atoms with Gasteiger partial charge in [0, 0.05) is 24.4 Å². The first-order chi connectivity index (χ1) is 13.0. The molecule has 2 unspecified atom stereocenters. The molecule has 2 aliphatic rings. The summed E-state index contributed by atoms with van der Waals surface area (Å²) >= 11 is 0. The fraction of sp³-hybridized carbons (Fsp3) is 0.727. The van der Waals surface area contributed by atoms with Crippen LogP contribution in [0.15, 0.2) is 18.5 Å². The molecule has 2 fully saturated rings. The van der Waals surface area contributed by atoms with Crippen molar-refractivity contribution in [2.45, 2.75) is 95.3 Å². The highest BCUT2D eigenvalue weighted by molar-refractivity contribution is 6.15. The molecular weight excluding hydrogens is 331 g/mol. The molecule has 1 N–H and O–H groups in total. The third kappa shape index (κ3) is 4.02. The number of fused-ring (bicyclic) bond motifs is 1. The topological polar surface area (TPSA) is 42.2 Å². The van der Waals surface area contributed by atoms with Gasteiger partial charge in [0.15, 0.2) is 5.65 Å². The Bertz CT molecular complexity index is 763. The average Bonchev–Trinajstić information content (AvgIpc) is 2.99. The molecule has 0 aliphatic heterocycles. The van der Waals surface area contributed by atoms with Crippen molar-refractivity contribution in [2.24, 2.45) is 5.92 Å². The first kappa shape index (κ1) is 18.8. The van der Waals surface area contributed by atoms with E-state index in [1.165, 1.54) is 57.1 Å². The van der Waals surface area contributed by atoms with Gasteiger partial charge in [0.25, 0.3) is 0 Å². The lowest BCUT2D eigenvalue weighted by atomic mass is 9.52. The van der Waals surface area contributed by atoms with Gasteiger partial charge in [-0.2, -0.15) is 5.10 Å². The molecule has 2 heterocycles. The second kappa shape index (κ2) is 7.85. The second-order valence-electron chi connectivity index (χ2n) is 9.19. The van der Waals surface area contributed by atoms with Crippen LogP contribution in [0.25, 0.3) is 5.65 Å². The smallest absolute Gasteiger partial charge is 0.176 e. The maximum absolute atomic E-state index is 6.76. The number of anilines is 1. The molecule has 5 heteroatoms. The second-order valence-corrected chi connectivity index (χ2v) is 9.19. The minimum absolute atomic E-state index is 0.0661. The van der Waals surface area contributed by atoms with Crippen LogP contribution in [-0.2, 0) is 0 Å². The molecule has 27 heavy (non-hydrogen) atoms. The van der Waals surface area contributed by atoms with Crippen molar-refractivity contribution in [3.8, 4) is 0 Å². The molecule has 0 bridgehead atoms. The highest BCUT2D eigenvalue weighted by atomic mass is 15.3. The SMILES string of the molecule is [B]C1(C(C)C)CCCC(c2cc(NC3CCCCCC3)c3nccn3n2)C1. The molecular formula is C22H33BN4. The summed E-state index contributed by atoms with van der Waals surface area (Å²) in [5.74, 6) is 0.938. The Hall–Kier alpha value is -1.52. The van der Waals surface area contributed by atoms with Gasteiger partial charge in [-0.05, 0) is 37.7 Å². The Morgan fingerprint density at radius 1 is 1.15 bits per heavy atom. The Kier molecular flexibility index (Phi) is 5.47. The number of hydrogen-bond acceptors (Lipinski definition) is 3. The molecule has 4 rings (SSSR count). The molecule has 0 saturated heterocycles. The molecule has 144 valence electrons. The number of nitrogens with zero attached hydrogens (tertiary/aromatic N) is 3. The van der Waals surface area contributed by atoms with E-state index >= 15 is 0 Å². The Morgan fingerprint density at radius 2 is 1.93 bits per heavy atom. The number of hydrogen-bond donors (Lipinski definition) is 1. The maximum Gasteiger partial charge on any atom is 0.176 e. The van der Waals surface area contributed by atoms with Gasteiger partial charge in [-0.3, -0.25) is 0 Å². The van der Waals surface area contributed by atoms with Crippen molar-refractivity contribution in [1.29, 1.82) is 0 Å². The molecule has 2 atom stereocenters. The summed E-state index contributed by atoms with van der Waals surface area (Å²) in [6.45, 7) is 4.52. The number of nitrogens with one attached hydrogen (secondary N) is 1. The van der Waals surface area contributed by atoms with Crippen molar-refractivity contribution in [1.82, 2.24) is 14.6 Å². The Morgan fingerprint density at radius 3 is 2.67 bits per heavy atom. The quantitative estimate of drug-likeness (QED) is 0.575. The zero-order valence-electron chi connectivity index (χ0n) is 17.0. The Balaban J connectivity index is 1.62. The molecule has 4 nitrogen and oxygen atoms in total. The van der Waals surface area contributed by atoms with Crippen LogP contribution in [0.4, 0.5) is 5.69 Å². The van der Waals surface area contributed by atoms with E-state index in [1.54, 1.807) is 0 Å². The van der Waals surface area contributed by atoms with E-state index in [0.717, 1.165) is 24.2 Å². The van der Waals surface area contributed by atoms with Gasteiger partial charge in [-0.25, -0.2) is 9.50 Å². The van der Waals surface area contributed by atoms with Crippen LogP contribution in [0.2, 0.25) is 5.31 Å². The highest BCUT2D eigenvalue weighted by Crippen LogP contribution is 2.51. The predicted octanol–water partition coefficient (Wildman–Crippen LogP) is 5.50. The number of rotatable bonds is 4. The molecule has 0 spiro atoms. The zero-order valence-corrected chi connectivity index (χ0v) is 17.0. The van der Waals surface area contributed by atoms with Crippen molar-refractivity contribution in [3.05, 3.63) is 24.2 Å². The minimum atomic E-state index is -0.0661. The summed E-state index contributed by atoms with van der Waals surface area (Å²) in [7, 11) is 6.76. The van der Waals surface area contributed by atoms with E-state index in [1.807, 2.05) is 16.9 Å². The van der Waals surface area contributed by atoms with Gasteiger partial charge in [-0.15, -0.1) is 0 Å². The van der Waals surface area contributed by atoms with Gasteiger partial charge in [0.05, 0.1) is 19.2 Å². The largest absolute Gasteiger partial charge is 0.379 e. The van der Waals surface area contributed by atoms with Crippen LogP contribution in [0.5, 0.6) is 0 Å². The number of imidazole rings is 1. The number of aromatic nitrogens is 3. The van der Waals surface area contributed by atoms with E-state index in [9.17, 15) is 0 Å². The van der Waals surface area contributed by atoms with Crippen molar-refractivity contribution >= 4 is 19.2 Å². The van der Waals surface area contributed by atoms with E-state index < -0.39 is 0 Å². The van der Waals surface area contributed by atoms with Crippen LogP contribution in [0.1, 0.15) is 89.7 Å². The van der Waals surface area contributed by atoms with Gasteiger partial charge >= 0.3 is 0 Å². The zero-order chi connectivity index (χ0) is 18.9. The molecule has 2 radical (unpaired) electrons. The van der Waals surface area contributed by atoms with Gasteiger partial charge in [0.2, 0.25) is 0 Å². The predicted molar refractivity (Wildman–Crippen MR) is 113 cm³/mol. The minimum Gasteiger partial charge on any atom is -0.379 e.